The fourth-order valence-electron chi connectivity index (χ4n) is 2.14. The van der Waals surface area contributed by atoms with E-state index in [1.54, 1.807) is 16.8 Å². The standard InChI is InChI=1S/C16H14N6/c1-12(14-9-7-13(11-17)8-10-14)18-16-19-20-21-22(16)15-5-3-2-4-6-15/h2-10,12H,1H3,(H,18,19,21)/t12-/m0/s1. The van der Waals surface area contributed by atoms with Crippen LogP contribution in [-0.4, -0.2) is 20.2 Å². The fourth-order valence-corrected chi connectivity index (χ4v) is 2.14. The smallest absolute Gasteiger partial charge is 0.248 e. The van der Waals surface area contributed by atoms with Gasteiger partial charge in [-0.05, 0) is 47.2 Å². The van der Waals surface area contributed by atoms with Crippen LogP contribution in [0.2, 0.25) is 0 Å². The Morgan fingerprint density at radius 2 is 1.82 bits per heavy atom. The first kappa shape index (κ1) is 13.8. The number of nitrogens with one attached hydrogen (secondary N) is 1. The van der Waals surface area contributed by atoms with E-state index in [1.165, 1.54) is 0 Å². The Bertz CT molecular complexity index is 786. The molecule has 2 aromatic carbocycles. The van der Waals surface area contributed by atoms with Crippen molar-refractivity contribution in [2.45, 2.75) is 13.0 Å². The van der Waals surface area contributed by atoms with E-state index in [1.807, 2.05) is 49.4 Å². The van der Waals surface area contributed by atoms with E-state index in [-0.39, 0.29) is 6.04 Å². The average molecular weight is 290 g/mol. The van der Waals surface area contributed by atoms with E-state index in [2.05, 4.69) is 26.9 Å². The summed E-state index contributed by atoms with van der Waals surface area (Å²) in [5.74, 6) is 0.572. The second-order valence-corrected chi connectivity index (χ2v) is 4.85. The van der Waals surface area contributed by atoms with Crippen LogP contribution >= 0.6 is 0 Å². The highest BCUT2D eigenvalue weighted by Gasteiger charge is 2.12. The molecule has 0 aliphatic carbocycles. The summed E-state index contributed by atoms with van der Waals surface area (Å²) in [6.45, 7) is 2.02. The third kappa shape index (κ3) is 2.79. The minimum atomic E-state index is 0.0150. The Hall–Kier alpha value is -3.20. The van der Waals surface area contributed by atoms with Gasteiger partial charge in [-0.1, -0.05) is 35.4 Å². The largest absolute Gasteiger partial charge is 0.346 e. The predicted octanol–water partition coefficient (Wildman–Crippen LogP) is 2.71. The fraction of sp³-hybridized carbons (Fsp3) is 0.125. The van der Waals surface area contributed by atoms with Crippen molar-refractivity contribution in [1.29, 1.82) is 5.26 Å². The predicted molar refractivity (Wildman–Crippen MR) is 82.3 cm³/mol. The summed E-state index contributed by atoms with van der Waals surface area (Å²) in [5.41, 5.74) is 2.59. The zero-order valence-corrected chi connectivity index (χ0v) is 12.0. The van der Waals surface area contributed by atoms with Gasteiger partial charge in [-0.3, -0.25) is 0 Å². The molecule has 3 rings (SSSR count). The van der Waals surface area contributed by atoms with E-state index < -0.39 is 0 Å². The molecule has 108 valence electrons. The molecule has 6 heteroatoms. The molecule has 1 aromatic heterocycles. The summed E-state index contributed by atoms with van der Waals surface area (Å²) in [6.07, 6.45) is 0. The summed E-state index contributed by atoms with van der Waals surface area (Å²) in [4.78, 5) is 0. The lowest BCUT2D eigenvalue weighted by atomic mass is 10.1. The summed E-state index contributed by atoms with van der Waals surface area (Å²) < 4.78 is 1.65. The third-order valence-electron chi connectivity index (χ3n) is 3.36. The highest BCUT2D eigenvalue weighted by atomic mass is 15.6. The van der Waals surface area contributed by atoms with E-state index in [4.69, 9.17) is 5.26 Å². The molecule has 0 amide bonds. The molecular formula is C16H14N6. The molecule has 0 fully saturated rings. The van der Waals surface area contributed by atoms with Crippen LogP contribution in [0.25, 0.3) is 5.69 Å². The molecule has 0 spiro atoms. The number of tetrazole rings is 1. The topological polar surface area (TPSA) is 79.4 Å². The second-order valence-electron chi connectivity index (χ2n) is 4.85. The maximum Gasteiger partial charge on any atom is 0.248 e. The highest BCUT2D eigenvalue weighted by Crippen LogP contribution is 2.19. The second kappa shape index (κ2) is 6.06. The lowest BCUT2D eigenvalue weighted by Crippen LogP contribution is -2.11. The van der Waals surface area contributed by atoms with Crippen LogP contribution < -0.4 is 5.32 Å². The van der Waals surface area contributed by atoms with Crippen LogP contribution in [-0.2, 0) is 0 Å². The summed E-state index contributed by atoms with van der Waals surface area (Å²) in [6, 6.07) is 19.3. The molecule has 0 aliphatic rings. The molecule has 1 heterocycles. The molecule has 0 radical (unpaired) electrons. The Labute approximate surface area is 128 Å². The number of anilines is 1. The van der Waals surface area contributed by atoms with Crippen molar-refractivity contribution in [2.24, 2.45) is 0 Å². The third-order valence-corrected chi connectivity index (χ3v) is 3.36. The maximum atomic E-state index is 8.84. The number of para-hydroxylation sites is 1. The molecule has 0 saturated heterocycles. The van der Waals surface area contributed by atoms with Gasteiger partial charge in [0, 0.05) is 0 Å². The van der Waals surface area contributed by atoms with Gasteiger partial charge in [0.25, 0.3) is 0 Å². The van der Waals surface area contributed by atoms with Gasteiger partial charge < -0.3 is 5.32 Å². The molecule has 0 bridgehead atoms. The van der Waals surface area contributed by atoms with Crippen LogP contribution in [0.5, 0.6) is 0 Å². The molecule has 1 atom stereocenters. The lowest BCUT2D eigenvalue weighted by molar-refractivity contribution is 0.780. The first-order chi connectivity index (χ1) is 10.8. The quantitative estimate of drug-likeness (QED) is 0.799. The molecule has 0 aliphatic heterocycles. The van der Waals surface area contributed by atoms with E-state index >= 15 is 0 Å². The number of nitriles is 1. The van der Waals surface area contributed by atoms with Gasteiger partial charge in [-0.25, -0.2) is 0 Å². The van der Waals surface area contributed by atoms with Crippen molar-refractivity contribution in [3.63, 3.8) is 0 Å². The zero-order valence-electron chi connectivity index (χ0n) is 12.0. The SMILES string of the molecule is C[C@H](Nc1nnnn1-c1ccccc1)c1ccc(C#N)cc1. The number of rotatable bonds is 4. The Morgan fingerprint density at radius 3 is 2.50 bits per heavy atom. The van der Waals surface area contributed by atoms with Gasteiger partial charge in [0.2, 0.25) is 5.95 Å². The van der Waals surface area contributed by atoms with Gasteiger partial charge in [0.15, 0.2) is 0 Å². The van der Waals surface area contributed by atoms with Crippen molar-refractivity contribution in [3.05, 3.63) is 65.7 Å². The number of hydrogen-bond acceptors (Lipinski definition) is 5. The van der Waals surface area contributed by atoms with Crippen molar-refractivity contribution < 1.29 is 0 Å². The summed E-state index contributed by atoms with van der Waals surface area (Å²) >= 11 is 0. The van der Waals surface area contributed by atoms with Crippen LogP contribution in [0.4, 0.5) is 5.95 Å². The van der Waals surface area contributed by atoms with Gasteiger partial charge in [0.1, 0.15) is 0 Å². The molecule has 1 N–H and O–H groups in total. The Morgan fingerprint density at radius 1 is 1.09 bits per heavy atom. The van der Waals surface area contributed by atoms with E-state index in [9.17, 15) is 0 Å². The van der Waals surface area contributed by atoms with Crippen molar-refractivity contribution in [2.75, 3.05) is 5.32 Å². The van der Waals surface area contributed by atoms with Crippen LogP contribution in [0, 0.1) is 11.3 Å². The summed E-state index contributed by atoms with van der Waals surface area (Å²) in [5, 5.41) is 23.9. The number of aromatic nitrogens is 4. The molecule has 22 heavy (non-hydrogen) atoms. The van der Waals surface area contributed by atoms with Crippen molar-refractivity contribution in [3.8, 4) is 11.8 Å². The van der Waals surface area contributed by atoms with Gasteiger partial charge in [-0.15, -0.1) is 0 Å². The molecule has 3 aromatic rings. The molecule has 6 nitrogen and oxygen atoms in total. The lowest BCUT2D eigenvalue weighted by Gasteiger charge is -2.14. The minimum Gasteiger partial charge on any atom is -0.346 e. The van der Waals surface area contributed by atoms with Gasteiger partial charge in [-0.2, -0.15) is 9.94 Å². The zero-order chi connectivity index (χ0) is 15.4. The first-order valence-electron chi connectivity index (χ1n) is 6.88. The molecule has 0 saturated carbocycles. The minimum absolute atomic E-state index is 0.0150. The number of benzene rings is 2. The Kier molecular flexibility index (Phi) is 3.79. The highest BCUT2D eigenvalue weighted by molar-refractivity contribution is 5.41. The summed E-state index contributed by atoms with van der Waals surface area (Å²) in [7, 11) is 0. The van der Waals surface area contributed by atoms with Gasteiger partial charge in [0.05, 0.1) is 23.4 Å². The number of nitrogens with zero attached hydrogens (tertiary/aromatic N) is 5. The number of hydrogen-bond donors (Lipinski definition) is 1. The van der Waals surface area contributed by atoms with Crippen molar-refractivity contribution >= 4 is 5.95 Å². The Balaban J connectivity index is 1.81. The van der Waals surface area contributed by atoms with Crippen LogP contribution in [0.3, 0.4) is 0 Å². The van der Waals surface area contributed by atoms with Crippen molar-refractivity contribution in [1.82, 2.24) is 20.2 Å². The maximum absolute atomic E-state index is 8.84. The van der Waals surface area contributed by atoms with E-state index in [0.717, 1.165) is 11.3 Å². The normalized spacial score (nSPS) is 11.6. The molecule has 0 unspecified atom stereocenters. The molecular weight excluding hydrogens is 276 g/mol. The monoisotopic (exact) mass is 290 g/mol. The van der Waals surface area contributed by atoms with E-state index in [0.29, 0.717) is 11.5 Å². The average Bonchev–Trinajstić information content (AvgIpc) is 3.04. The van der Waals surface area contributed by atoms with Gasteiger partial charge >= 0.3 is 0 Å². The van der Waals surface area contributed by atoms with Crippen LogP contribution in [0.15, 0.2) is 54.6 Å². The first-order valence-corrected chi connectivity index (χ1v) is 6.88. The van der Waals surface area contributed by atoms with Crippen LogP contribution in [0.1, 0.15) is 24.1 Å².